The molecule has 0 bridgehead atoms. The number of rotatable bonds is 10. The standard InChI is InChI=1S/C18H26N2O4/c1-3-5-6-14(4-2)18(24)20-15-9-7-13(8-10-15)11-16(21)19-12-17(22)23/h7-10,14H,3-6,11-12H2,1-2H3,(H,19,21)(H,20,24)(H,22,23). The molecule has 0 aromatic heterocycles. The number of carbonyl (C=O) groups is 3. The van der Waals surface area contributed by atoms with Crippen LogP contribution in [0.5, 0.6) is 0 Å². The minimum Gasteiger partial charge on any atom is -0.480 e. The highest BCUT2D eigenvalue weighted by atomic mass is 16.4. The predicted molar refractivity (Wildman–Crippen MR) is 92.7 cm³/mol. The van der Waals surface area contributed by atoms with Crippen molar-refractivity contribution >= 4 is 23.5 Å². The maximum Gasteiger partial charge on any atom is 0.322 e. The molecule has 0 spiro atoms. The third kappa shape index (κ3) is 7.26. The number of anilines is 1. The number of amides is 2. The zero-order chi connectivity index (χ0) is 17.9. The van der Waals surface area contributed by atoms with Crippen LogP contribution in [-0.4, -0.2) is 29.4 Å². The summed E-state index contributed by atoms with van der Waals surface area (Å²) in [4.78, 5) is 34.2. The molecule has 0 heterocycles. The van der Waals surface area contributed by atoms with Crippen LogP contribution in [0.15, 0.2) is 24.3 Å². The first-order valence-electron chi connectivity index (χ1n) is 8.34. The number of hydrogen-bond donors (Lipinski definition) is 3. The van der Waals surface area contributed by atoms with Gasteiger partial charge in [-0.25, -0.2) is 0 Å². The van der Waals surface area contributed by atoms with Gasteiger partial charge < -0.3 is 15.7 Å². The van der Waals surface area contributed by atoms with E-state index in [1.807, 2.05) is 6.92 Å². The molecule has 2 amide bonds. The molecule has 3 N–H and O–H groups in total. The Morgan fingerprint density at radius 2 is 1.79 bits per heavy atom. The van der Waals surface area contributed by atoms with E-state index in [9.17, 15) is 14.4 Å². The Morgan fingerprint density at radius 3 is 2.33 bits per heavy atom. The highest BCUT2D eigenvalue weighted by Crippen LogP contribution is 2.17. The fourth-order valence-corrected chi connectivity index (χ4v) is 2.34. The predicted octanol–water partition coefficient (Wildman–Crippen LogP) is 2.58. The summed E-state index contributed by atoms with van der Waals surface area (Å²) < 4.78 is 0. The summed E-state index contributed by atoms with van der Waals surface area (Å²) >= 11 is 0. The second kappa shape index (κ2) is 10.4. The van der Waals surface area contributed by atoms with E-state index in [0.717, 1.165) is 31.2 Å². The molecule has 0 saturated carbocycles. The molecule has 0 saturated heterocycles. The Balaban J connectivity index is 2.53. The summed E-state index contributed by atoms with van der Waals surface area (Å²) in [5.74, 6) is -1.38. The van der Waals surface area contributed by atoms with Crippen molar-refractivity contribution in [2.75, 3.05) is 11.9 Å². The minimum atomic E-state index is -1.07. The highest BCUT2D eigenvalue weighted by molar-refractivity contribution is 5.92. The molecule has 0 radical (unpaired) electrons. The van der Waals surface area contributed by atoms with Crippen LogP contribution in [0.25, 0.3) is 0 Å². The number of aliphatic carboxylic acids is 1. The zero-order valence-electron chi connectivity index (χ0n) is 14.3. The lowest BCUT2D eigenvalue weighted by molar-refractivity contribution is -0.137. The maximum absolute atomic E-state index is 12.2. The largest absolute Gasteiger partial charge is 0.480 e. The maximum atomic E-state index is 12.2. The Bertz CT molecular complexity index is 555. The van der Waals surface area contributed by atoms with E-state index in [1.54, 1.807) is 24.3 Å². The normalized spacial score (nSPS) is 11.6. The van der Waals surface area contributed by atoms with Crippen molar-refractivity contribution in [3.63, 3.8) is 0 Å². The van der Waals surface area contributed by atoms with Gasteiger partial charge in [0.25, 0.3) is 0 Å². The van der Waals surface area contributed by atoms with Crippen molar-refractivity contribution < 1.29 is 19.5 Å². The molecule has 6 nitrogen and oxygen atoms in total. The number of benzene rings is 1. The van der Waals surface area contributed by atoms with Crippen molar-refractivity contribution in [2.45, 2.75) is 46.0 Å². The summed E-state index contributed by atoms with van der Waals surface area (Å²) in [6.07, 6.45) is 3.92. The molecule has 1 rings (SSSR count). The minimum absolute atomic E-state index is 0.0198. The average molecular weight is 334 g/mol. The van der Waals surface area contributed by atoms with Crippen LogP contribution in [-0.2, 0) is 20.8 Å². The van der Waals surface area contributed by atoms with Gasteiger partial charge in [-0.05, 0) is 30.5 Å². The third-order valence-electron chi connectivity index (χ3n) is 3.79. The van der Waals surface area contributed by atoms with Crippen LogP contribution in [0, 0.1) is 5.92 Å². The van der Waals surface area contributed by atoms with Gasteiger partial charge in [0.1, 0.15) is 6.54 Å². The topological polar surface area (TPSA) is 95.5 Å². The van der Waals surface area contributed by atoms with Gasteiger partial charge in [-0.3, -0.25) is 14.4 Å². The molecule has 1 aromatic rings. The number of hydrogen-bond acceptors (Lipinski definition) is 3. The summed E-state index contributed by atoms with van der Waals surface area (Å²) in [6.45, 7) is 3.73. The van der Waals surface area contributed by atoms with Crippen molar-refractivity contribution in [2.24, 2.45) is 5.92 Å². The lowest BCUT2D eigenvalue weighted by atomic mass is 9.98. The van der Waals surface area contributed by atoms with Gasteiger partial charge in [-0.2, -0.15) is 0 Å². The van der Waals surface area contributed by atoms with Gasteiger partial charge in [-0.15, -0.1) is 0 Å². The Labute approximate surface area is 142 Å². The lowest BCUT2D eigenvalue weighted by Gasteiger charge is -2.14. The van der Waals surface area contributed by atoms with Crippen molar-refractivity contribution in [1.82, 2.24) is 5.32 Å². The van der Waals surface area contributed by atoms with Crippen LogP contribution < -0.4 is 10.6 Å². The van der Waals surface area contributed by atoms with Crippen LogP contribution >= 0.6 is 0 Å². The van der Waals surface area contributed by atoms with Gasteiger partial charge in [-0.1, -0.05) is 38.8 Å². The molecule has 0 aliphatic heterocycles. The monoisotopic (exact) mass is 334 g/mol. The Hall–Kier alpha value is -2.37. The van der Waals surface area contributed by atoms with Gasteiger partial charge in [0, 0.05) is 11.6 Å². The highest BCUT2D eigenvalue weighted by Gasteiger charge is 2.15. The van der Waals surface area contributed by atoms with Crippen LogP contribution in [0.2, 0.25) is 0 Å². The van der Waals surface area contributed by atoms with Gasteiger partial charge in [0.15, 0.2) is 0 Å². The molecule has 0 aliphatic rings. The molecule has 132 valence electrons. The van der Waals surface area contributed by atoms with E-state index in [2.05, 4.69) is 17.6 Å². The fraction of sp³-hybridized carbons (Fsp3) is 0.500. The number of carboxylic acids is 1. The zero-order valence-corrected chi connectivity index (χ0v) is 14.3. The second-order valence-electron chi connectivity index (χ2n) is 5.78. The second-order valence-corrected chi connectivity index (χ2v) is 5.78. The Kier molecular flexibility index (Phi) is 8.54. The van der Waals surface area contributed by atoms with Crippen molar-refractivity contribution in [3.05, 3.63) is 29.8 Å². The first-order valence-corrected chi connectivity index (χ1v) is 8.34. The number of unbranched alkanes of at least 4 members (excludes halogenated alkanes) is 1. The molecule has 24 heavy (non-hydrogen) atoms. The summed E-state index contributed by atoms with van der Waals surface area (Å²) in [5, 5.41) is 13.7. The molecule has 0 aliphatic carbocycles. The molecule has 1 atom stereocenters. The van der Waals surface area contributed by atoms with Gasteiger partial charge in [0.2, 0.25) is 11.8 Å². The first-order chi connectivity index (χ1) is 11.5. The fourth-order valence-electron chi connectivity index (χ4n) is 2.34. The third-order valence-corrected chi connectivity index (χ3v) is 3.79. The molecule has 1 unspecified atom stereocenters. The number of carboxylic acid groups (broad SMARTS) is 1. The molecule has 1 aromatic carbocycles. The van der Waals surface area contributed by atoms with E-state index in [4.69, 9.17) is 5.11 Å². The molecule has 0 fully saturated rings. The van der Waals surface area contributed by atoms with E-state index in [1.165, 1.54) is 0 Å². The van der Waals surface area contributed by atoms with Crippen molar-refractivity contribution in [1.29, 1.82) is 0 Å². The lowest BCUT2D eigenvalue weighted by Crippen LogP contribution is -2.30. The van der Waals surface area contributed by atoms with E-state index in [-0.39, 0.29) is 30.7 Å². The summed E-state index contributed by atoms with van der Waals surface area (Å²) in [6, 6.07) is 7.01. The number of nitrogens with one attached hydrogen (secondary N) is 2. The molecule has 6 heteroatoms. The van der Waals surface area contributed by atoms with Crippen LogP contribution in [0.3, 0.4) is 0 Å². The molecular formula is C18H26N2O4. The summed E-state index contributed by atoms with van der Waals surface area (Å²) in [5.41, 5.74) is 1.46. The Morgan fingerprint density at radius 1 is 1.12 bits per heavy atom. The van der Waals surface area contributed by atoms with E-state index in [0.29, 0.717) is 5.69 Å². The molecular weight excluding hydrogens is 308 g/mol. The first kappa shape index (κ1) is 19.7. The van der Waals surface area contributed by atoms with Crippen LogP contribution in [0.1, 0.15) is 45.1 Å². The average Bonchev–Trinajstić information content (AvgIpc) is 2.55. The van der Waals surface area contributed by atoms with Gasteiger partial charge >= 0.3 is 5.97 Å². The smallest absolute Gasteiger partial charge is 0.322 e. The summed E-state index contributed by atoms with van der Waals surface area (Å²) in [7, 11) is 0. The van der Waals surface area contributed by atoms with Crippen molar-refractivity contribution in [3.8, 4) is 0 Å². The quantitative estimate of drug-likeness (QED) is 0.613. The van der Waals surface area contributed by atoms with E-state index >= 15 is 0 Å². The van der Waals surface area contributed by atoms with Crippen LogP contribution in [0.4, 0.5) is 5.69 Å². The van der Waals surface area contributed by atoms with E-state index < -0.39 is 5.97 Å². The van der Waals surface area contributed by atoms with Gasteiger partial charge in [0.05, 0.1) is 6.42 Å². The number of carbonyl (C=O) groups excluding carboxylic acids is 2. The SMILES string of the molecule is CCCCC(CC)C(=O)Nc1ccc(CC(=O)NCC(=O)O)cc1.